The van der Waals surface area contributed by atoms with Crippen molar-refractivity contribution in [3.05, 3.63) is 42.0 Å². The van der Waals surface area contributed by atoms with Crippen LogP contribution < -0.4 is 10.1 Å². The van der Waals surface area contributed by atoms with E-state index in [0.29, 0.717) is 6.54 Å². The van der Waals surface area contributed by atoms with Crippen molar-refractivity contribution in [3.63, 3.8) is 0 Å². The summed E-state index contributed by atoms with van der Waals surface area (Å²) in [6.07, 6.45) is 2.00. The Balaban J connectivity index is 1.73. The molecule has 134 valence electrons. The van der Waals surface area contributed by atoms with Crippen molar-refractivity contribution < 1.29 is 14.3 Å². The van der Waals surface area contributed by atoms with Crippen molar-refractivity contribution in [3.8, 4) is 5.75 Å². The summed E-state index contributed by atoms with van der Waals surface area (Å²) in [4.78, 5) is 14.5. The lowest BCUT2D eigenvalue weighted by atomic mass is 10.0. The van der Waals surface area contributed by atoms with E-state index in [0.717, 1.165) is 41.5 Å². The Morgan fingerprint density at radius 2 is 2.04 bits per heavy atom. The number of amides is 2. The third-order valence-corrected chi connectivity index (χ3v) is 5.06. The molecule has 5 nitrogen and oxygen atoms in total. The molecule has 0 unspecified atom stereocenters. The summed E-state index contributed by atoms with van der Waals surface area (Å²) in [6.45, 7) is 3.24. The first-order valence-electron chi connectivity index (χ1n) is 8.76. The number of nitrogens with zero attached hydrogens (tertiary/aromatic N) is 1. The average molecular weight is 342 g/mol. The van der Waals surface area contributed by atoms with Gasteiger partial charge in [-0.25, -0.2) is 4.79 Å². The van der Waals surface area contributed by atoms with Crippen molar-refractivity contribution in [2.45, 2.75) is 38.5 Å². The topological polar surface area (TPSA) is 50.8 Å². The van der Waals surface area contributed by atoms with E-state index in [2.05, 4.69) is 24.4 Å². The van der Waals surface area contributed by atoms with Crippen LogP contribution in [0.3, 0.4) is 0 Å². The normalized spacial score (nSPS) is 20.5. The number of piperidine rings is 1. The summed E-state index contributed by atoms with van der Waals surface area (Å²) in [5.74, 6) is 0.796. The highest BCUT2D eigenvalue weighted by Gasteiger charge is 2.28. The van der Waals surface area contributed by atoms with Crippen LogP contribution in [0.4, 0.5) is 4.79 Å². The van der Waals surface area contributed by atoms with Gasteiger partial charge >= 0.3 is 6.03 Å². The van der Waals surface area contributed by atoms with E-state index in [4.69, 9.17) is 9.47 Å². The number of likely N-dealkylation sites (tertiary alicyclic amines) is 1. The van der Waals surface area contributed by atoms with Gasteiger partial charge in [-0.05, 0) is 36.6 Å². The molecule has 2 amide bonds. The van der Waals surface area contributed by atoms with Crippen molar-refractivity contribution in [1.29, 1.82) is 0 Å². The molecule has 0 saturated carbocycles. The molecule has 1 fully saturated rings. The molecule has 1 aliphatic heterocycles. The quantitative estimate of drug-likeness (QED) is 0.924. The summed E-state index contributed by atoms with van der Waals surface area (Å²) in [5.41, 5.74) is 1.01. The van der Waals surface area contributed by atoms with E-state index in [-0.39, 0.29) is 18.2 Å². The third-order valence-electron chi connectivity index (χ3n) is 5.06. The van der Waals surface area contributed by atoms with Crippen molar-refractivity contribution >= 4 is 16.8 Å². The SMILES string of the molecule is COc1ccc2ccccc2c1CNC(=O)N1CC[C@@H](OC)C[C@@H]1C. The molecule has 3 rings (SSSR count). The molecule has 0 spiro atoms. The molecule has 25 heavy (non-hydrogen) atoms. The van der Waals surface area contributed by atoms with E-state index < -0.39 is 0 Å². The van der Waals surface area contributed by atoms with Crippen LogP contribution in [0, 0.1) is 0 Å². The zero-order chi connectivity index (χ0) is 17.8. The Bertz CT molecular complexity index is 747. The number of carbonyl (C=O) groups is 1. The second-order valence-corrected chi connectivity index (χ2v) is 6.55. The fraction of sp³-hybridized carbons (Fsp3) is 0.450. The highest BCUT2D eigenvalue weighted by Crippen LogP contribution is 2.28. The van der Waals surface area contributed by atoms with Crippen LogP contribution in [-0.2, 0) is 11.3 Å². The van der Waals surface area contributed by atoms with Gasteiger partial charge < -0.3 is 19.7 Å². The molecule has 5 heteroatoms. The number of fused-ring (bicyclic) bond motifs is 1. The summed E-state index contributed by atoms with van der Waals surface area (Å²) >= 11 is 0. The van der Waals surface area contributed by atoms with Gasteiger partial charge in [-0.2, -0.15) is 0 Å². The predicted molar refractivity (Wildman–Crippen MR) is 98.9 cm³/mol. The van der Waals surface area contributed by atoms with E-state index in [1.807, 2.05) is 29.2 Å². The first-order valence-corrected chi connectivity index (χ1v) is 8.76. The second-order valence-electron chi connectivity index (χ2n) is 6.55. The second kappa shape index (κ2) is 7.74. The Hall–Kier alpha value is -2.27. The van der Waals surface area contributed by atoms with Gasteiger partial charge in [0.1, 0.15) is 5.75 Å². The number of hydrogen-bond donors (Lipinski definition) is 1. The Labute approximate surface area is 148 Å². The monoisotopic (exact) mass is 342 g/mol. The van der Waals surface area contributed by atoms with Crippen molar-refractivity contribution in [1.82, 2.24) is 10.2 Å². The maximum atomic E-state index is 12.6. The van der Waals surface area contributed by atoms with Gasteiger partial charge in [-0.1, -0.05) is 30.3 Å². The molecule has 0 bridgehead atoms. The third kappa shape index (κ3) is 3.71. The first kappa shape index (κ1) is 17.5. The molecule has 0 radical (unpaired) electrons. The van der Waals surface area contributed by atoms with E-state index in [1.54, 1.807) is 14.2 Å². The molecule has 0 aromatic heterocycles. The maximum Gasteiger partial charge on any atom is 0.317 e. The largest absolute Gasteiger partial charge is 0.496 e. The molecule has 2 aromatic carbocycles. The number of ether oxygens (including phenoxy) is 2. The minimum Gasteiger partial charge on any atom is -0.496 e. The molecular weight excluding hydrogens is 316 g/mol. The number of nitrogens with one attached hydrogen (secondary N) is 1. The summed E-state index contributed by atoms with van der Waals surface area (Å²) in [7, 11) is 3.40. The van der Waals surface area contributed by atoms with Gasteiger partial charge in [-0.3, -0.25) is 0 Å². The zero-order valence-corrected chi connectivity index (χ0v) is 15.1. The van der Waals surface area contributed by atoms with Gasteiger partial charge in [0.15, 0.2) is 0 Å². The number of hydrogen-bond acceptors (Lipinski definition) is 3. The smallest absolute Gasteiger partial charge is 0.317 e. The van der Waals surface area contributed by atoms with E-state index >= 15 is 0 Å². The standard InChI is InChI=1S/C20H26N2O3/c1-14-12-16(24-2)10-11-22(14)20(23)21-13-18-17-7-5-4-6-15(17)8-9-19(18)25-3/h4-9,14,16H,10-13H2,1-3H3,(H,21,23)/t14-,16+/m0/s1. The molecule has 1 heterocycles. The Kier molecular flexibility index (Phi) is 5.43. The number of benzene rings is 2. The molecule has 1 aliphatic rings. The van der Waals surface area contributed by atoms with Gasteiger partial charge in [0.05, 0.1) is 13.2 Å². The number of rotatable bonds is 4. The van der Waals surface area contributed by atoms with Crippen molar-refractivity contribution in [2.24, 2.45) is 0 Å². The summed E-state index contributed by atoms with van der Waals surface area (Å²) < 4.78 is 10.9. The van der Waals surface area contributed by atoms with Crippen LogP contribution in [0.5, 0.6) is 5.75 Å². The maximum absolute atomic E-state index is 12.6. The number of carbonyl (C=O) groups excluding carboxylic acids is 1. The highest BCUT2D eigenvalue weighted by molar-refractivity contribution is 5.88. The fourth-order valence-electron chi connectivity index (χ4n) is 3.60. The van der Waals surface area contributed by atoms with Crippen LogP contribution in [0.2, 0.25) is 0 Å². The minimum absolute atomic E-state index is 0.0305. The number of urea groups is 1. The van der Waals surface area contributed by atoms with Gasteiger partial charge in [0.25, 0.3) is 0 Å². The lowest BCUT2D eigenvalue weighted by Gasteiger charge is -2.37. The van der Waals surface area contributed by atoms with Crippen LogP contribution in [0.25, 0.3) is 10.8 Å². The summed E-state index contributed by atoms with van der Waals surface area (Å²) in [5, 5.41) is 5.31. The Morgan fingerprint density at radius 3 is 2.76 bits per heavy atom. The van der Waals surface area contributed by atoms with Crippen LogP contribution >= 0.6 is 0 Å². The van der Waals surface area contributed by atoms with E-state index in [9.17, 15) is 4.79 Å². The molecule has 2 atom stereocenters. The van der Waals surface area contributed by atoms with Gasteiger partial charge in [-0.15, -0.1) is 0 Å². The van der Waals surface area contributed by atoms with Crippen LogP contribution in [0.1, 0.15) is 25.3 Å². The lowest BCUT2D eigenvalue weighted by Crippen LogP contribution is -2.50. The molecule has 1 saturated heterocycles. The minimum atomic E-state index is -0.0305. The van der Waals surface area contributed by atoms with Crippen LogP contribution in [0.15, 0.2) is 36.4 Å². The zero-order valence-electron chi connectivity index (χ0n) is 15.1. The van der Waals surface area contributed by atoms with E-state index in [1.165, 1.54) is 0 Å². The van der Waals surface area contributed by atoms with Gasteiger partial charge in [0.2, 0.25) is 0 Å². The van der Waals surface area contributed by atoms with Crippen molar-refractivity contribution in [2.75, 3.05) is 20.8 Å². The molecule has 2 aromatic rings. The van der Waals surface area contributed by atoms with Gasteiger partial charge in [0, 0.05) is 31.8 Å². The lowest BCUT2D eigenvalue weighted by molar-refractivity contribution is 0.0293. The summed E-state index contributed by atoms with van der Waals surface area (Å²) in [6, 6.07) is 12.3. The molecule has 0 aliphatic carbocycles. The fourth-order valence-corrected chi connectivity index (χ4v) is 3.60. The number of methoxy groups -OCH3 is 2. The Morgan fingerprint density at radius 1 is 1.24 bits per heavy atom. The molecular formula is C20H26N2O3. The average Bonchev–Trinajstić information content (AvgIpc) is 2.65. The highest BCUT2D eigenvalue weighted by atomic mass is 16.5. The predicted octanol–water partition coefficient (Wildman–Crippen LogP) is 3.56. The molecule has 1 N–H and O–H groups in total. The first-order chi connectivity index (χ1) is 12.1. The van der Waals surface area contributed by atoms with Crippen LogP contribution in [-0.4, -0.2) is 43.8 Å².